The highest BCUT2D eigenvalue weighted by atomic mass is 35.5. The van der Waals surface area contributed by atoms with Crippen LogP contribution in [-0.4, -0.2) is 31.7 Å². The zero-order valence-electron chi connectivity index (χ0n) is 10.2. The minimum absolute atomic E-state index is 0.150. The summed E-state index contributed by atoms with van der Waals surface area (Å²) < 4.78 is 26.4. The van der Waals surface area contributed by atoms with Crippen molar-refractivity contribution < 1.29 is 8.42 Å². The van der Waals surface area contributed by atoms with Gasteiger partial charge in [-0.05, 0) is 37.0 Å². The molecular formula is C12H14Cl3NO2S. The number of alkyl halides is 1. The molecule has 1 aliphatic rings. The summed E-state index contributed by atoms with van der Waals surface area (Å²) in [6, 6.07) is 4.37. The van der Waals surface area contributed by atoms with E-state index >= 15 is 0 Å². The van der Waals surface area contributed by atoms with E-state index in [1.807, 2.05) is 0 Å². The first kappa shape index (κ1) is 15.4. The number of halogens is 3. The topological polar surface area (TPSA) is 37.4 Å². The summed E-state index contributed by atoms with van der Waals surface area (Å²) in [5.74, 6) is 0.892. The van der Waals surface area contributed by atoms with E-state index < -0.39 is 10.0 Å². The van der Waals surface area contributed by atoms with Crippen LogP contribution in [0.1, 0.15) is 12.8 Å². The Hall–Kier alpha value is -0.000000000000000111. The quantitative estimate of drug-likeness (QED) is 0.784. The Balaban J connectivity index is 2.23. The molecule has 3 nitrogen and oxygen atoms in total. The highest BCUT2D eigenvalue weighted by molar-refractivity contribution is 7.89. The van der Waals surface area contributed by atoms with Crippen LogP contribution in [0, 0.1) is 5.92 Å². The van der Waals surface area contributed by atoms with Crippen LogP contribution in [0.4, 0.5) is 0 Å². The number of rotatable bonds is 4. The van der Waals surface area contributed by atoms with Gasteiger partial charge in [0.15, 0.2) is 0 Å². The molecule has 7 heteroatoms. The fraction of sp³-hybridized carbons (Fsp3) is 0.500. The molecule has 1 saturated heterocycles. The fourth-order valence-electron chi connectivity index (χ4n) is 2.23. The summed E-state index contributed by atoms with van der Waals surface area (Å²) in [7, 11) is -3.51. The molecule has 0 aliphatic carbocycles. The molecule has 1 aromatic carbocycles. The van der Waals surface area contributed by atoms with Gasteiger partial charge in [0.2, 0.25) is 10.0 Å². The zero-order valence-corrected chi connectivity index (χ0v) is 13.2. The highest BCUT2D eigenvalue weighted by Crippen LogP contribution is 2.29. The molecule has 106 valence electrons. The maximum atomic E-state index is 12.5. The molecule has 1 unspecified atom stereocenters. The van der Waals surface area contributed by atoms with E-state index in [-0.39, 0.29) is 4.90 Å². The smallest absolute Gasteiger partial charge is 0.207 e. The third-order valence-corrected chi connectivity index (χ3v) is 5.74. The number of hydrogen-bond acceptors (Lipinski definition) is 2. The summed E-state index contributed by atoms with van der Waals surface area (Å²) in [5, 5.41) is 0.644. The predicted molar refractivity (Wildman–Crippen MR) is 78.7 cm³/mol. The van der Waals surface area contributed by atoms with Crippen LogP contribution >= 0.6 is 34.8 Å². The van der Waals surface area contributed by atoms with Crippen LogP contribution in [0.5, 0.6) is 0 Å². The Morgan fingerprint density at radius 1 is 1.21 bits per heavy atom. The maximum Gasteiger partial charge on any atom is 0.243 e. The number of benzene rings is 1. The zero-order chi connectivity index (χ0) is 14.0. The number of nitrogens with zero attached hydrogens (tertiary/aromatic N) is 1. The van der Waals surface area contributed by atoms with E-state index in [0.29, 0.717) is 34.9 Å². The summed E-state index contributed by atoms with van der Waals surface area (Å²) >= 11 is 17.4. The van der Waals surface area contributed by atoms with Crippen molar-refractivity contribution in [2.45, 2.75) is 17.7 Å². The lowest BCUT2D eigenvalue weighted by atomic mass is 10.1. The first-order valence-electron chi connectivity index (χ1n) is 5.95. The van der Waals surface area contributed by atoms with Crippen LogP contribution in [0.25, 0.3) is 0 Å². The highest BCUT2D eigenvalue weighted by Gasteiger charge is 2.32. The molecule has 0 spiro atoms. The van der Waals surface area contributed by atoms with Gasteiger partial charge in [0.25, 0.3) is 0 Å². The van der Waals surface area contributed by atoms with Crippen LogP contribution in [-0.2, 0) is 10.0 Å². The Kier molecular flexibility index (Phi) is 5.01. The molecule has 0 radical (unpaired) electrons. The fourth-order valence-corrected chi connectivity index (χ4v) is 4.80. The van der Waals surface area contributed by atoms with E-state index in [9.17, 15) is 8.42 Å². The maximum absolute atomic E-state index is 12.5. The minimum Gasteiger partial charge on any atom is -0.207 e. The monoisotopic (exact) mass is 341 g/mol. The van der Waals surface area contributed by atoms with E-state index in [1.165, 1.54) is 22.5 Å². The summed E-state index contributed by atoms with van der Waals surface area (Å²) in [6.45, 7) is 1.03. The van der Waals surface area contributed by atoms with Crippen LogP contribution in [0.3, 0.4) is 0 Å². The van der Waals surface area contributed by atoms with E-state index in [1.54, 1.807) is 0 Å². The van der Waals surface area contributed by atoms with Gasteiger partial charge in [0, 0.05) is 29.0 Å². The third kappa shape index (κ3) is 3.56. The van der Waals surface area contributed by atoms with Gasteiger partial charge < -0.3 is 0 Å². The molecule has 1 atom stereocenters. The normalized spacial score (nSPS) is 20.9. The van der Waals surface area contributed by atoms with Crippen molar-refractivity contribution in [1.29, 1.82) is 0 Å². The Morgan fingerprint density at radius 2 is 1.84 bits per heavy atom. The molecular weight excluding hydrogens is 329 g/mol. The van der Waals surface area contributed by atoms with Crippen molar-refractivity contribution in [3.63, 3.8) is 0 Å². The van der Waals surface area contributed by atoms with Crippen molar-refractivity contribution >= 4 is 44.8 Å². The van der Waals surface area contributed by atoms with Crippen LogP contribution in [0.15, 0.2) is 23.1 Å². The van der Waals surface area contributed by atoms with Crippen molar-refractivity contribution in [2.24, 2.45) is 5.92 Å². The number of sulfonamides is 1. The van der Waals surface area contributed by atoms with Gasteiger partial charge >= 0.3 is 0 Å². The lowest BCUT2D eigenvalue weighted by Gasteiger charge is -2.17. The summed E-state index contributed by atoms with van der Waals surface area (Å²) in [5.41, 5.74) is 0. The van der Waals surface area contributed by atoms with Gasteiger partial charge in [-0.2, -0.15) is 4.31 Å². The molecule has 0 N–H and O–H groups in total. The van der Waals surface area contributed by atoms with Crippen LogP contribution < -0.4 is 0 Å². The van der Waals surface area contributed by atoms with E-state index in [0.717, 1.165) is 12.8 Å². The lowest BCUT2D eigenvalue weighted by Crippen LogP contribution is -2.29. The second kappa shape index (κ2) is 6.19. The van der Waals surface area contributed by atoms with Crippen molar-refractivity contribution in [3.8, 4) is 0 Å². The SMILES string of the molecule is O=S(=O)(c1cc(Cl)cc(Cl)c1)N1CCC(CCCl)C1. The molecule has 19 heavy (non-hydrogen) atoms. The van der Waals surface area contributed by atoms with Gasteiger partial charge in [0.1, 0.15) is 0 Å². The van der Waals surface area contributed by atoms with Crippen molar-refractivity contribution in [3.05, 3.63) is 28.2 Å². The summed E-state index contributed by atoms with van der Waals surface area (Å²) in [6.07, 6.45) is 1.68. The molecule has 0 aromatic heterocycles. The standard InChI is InChI=1S/C12H14Cl3NO2S/c13-3-1-9-2-4-16(8-9)19(17,18)12-6-10(14)5-11(15)7-12/h5-7,9H,1-4,8H2. The molecule has 1 aliphatic heterocycles. The summed E-state index contributed by atoms with van der Waals surface area (Å²) in [4.78, 5) is 0.150. The molecule has 1 heterocycles. The second-order valence-corrected chi connectivity index (χ2v) is 7.79. The van der Waals surface area contributed by atoms with E-state index in [2.05, 4.69) is 0 Å². The van der Waals surface area contributed by atoms with Gasteiger partial charge in [0.05, 0.1) is 4.90 Å². The molecule has 1 aromatic rings. The largest absolute Gasteiger partial charge is 0.243 e. The first-order valence-corrected chi connectivity index (χ1v) is 8.69. The Labute approximate surface area is 128 Å². The van der Waals surface area contributed by atoms with Crippen molar-refractivity contribution in [2.75, 3.05) is 19.0 Å². The minimum atomic E-state index is -3.51. The van der Waals surface area contributed by atoms with E-state index in [4.69, 9.17) is 34.8 Å². The van der Waals surface area contributed by atoms with Crippen LogP contribution in [0.2, 0.25) is 10.0 Å². The molecule has 0 bridgehead atoms. The van der Waals surface area contributed by atoms with Gasteiger partial charge in [-0.3, -0.25) is 0 Å². The second-order valence-electron chi connectivity index (χ2n) is 4.60. The molecule has 0 amide bonds. The van der Waals surface area contributed by atoms with Gasteiger partial charge in [-0.1, -0.05) is 23.2 Å². The van der Waals surface area contributed by atoms with Gasteiger partial charge in [-0.15, -0.1) is 11.6 Å². The molecule has 1 fully saturated rings. The lowest BCUT2D eigenvalue weighted by molar-refractivity contribution is 0.453. The first-order chi connectivity index (χ1) is 8.93. The average molecular weight is 343 g/mol. The molecule has 2 rings (SSSR count). The predicted octanol–water partition coefficient (Wildman–Crippen LogP) is 3.63. The van der Waals surface area contributed by atoms with Gasteiger partial charge in [-0.25, -0.2) is 8.42 Å². The molecule has 0 saturated carbocycles. The van der Waals surface area contributed by atoms with Crippen molar-refractivity contribution in [1.82, 2.24) is 4.31 Å². The average Bonchev–Trinajstić information content (AvgIpc) is 2.77. The Bertz CT molecular complexity index is 542. The Morgan fingerprint density at radius 3 is 2.42 bits per heavy atom. The third-order valence-electron chi connectivity index (χ3n) is 3.24. The number of hydrogen-bond donors (Lipinski definition) is 0.